The van der Waals surface area contributed by atoms with Crippen LogP contribution in [0.15, 0.2) is 15.9 Å². The van der Waals surface area contributed by atoms with E-state index in [0.717, 1.165) is 26.2 Å². The van der Waals surface area contributed by atoms with Gasteiger partial charge in [0.2, 0.25) is 0 Å². The fraction of sp³-hybridized carbons (Fsp3) is 0.692. The van der Waals surface area contributed by atoms with Crippen LogP contribution in [0.1, 0.15) is 17.8 Å². The van der Waals surface area contributed by atoms with Crippen LogP contribution in [0.25, 0.3) is 0 Å². The van der Waals surface area contributed by atoms with Crippen LogP contribution >= 0.6 is 27.3 Å². The molecule has 0 radical (unpaired) electrons. The third-order valence-corrected chi connectivity index (χ3v) is 5.38. The summed E-state index contributed by atoms with van der Waals surface area (Å²) in [5.74, 6) is 0. The first-order valence-corrected chi connectivity index (χ1v) is 8.12. The second kappa shape index (κ2) is 6.48. The molecule has 3 nitrogen and oxygen atoms in total. The molecule has 1 aliphatic rings. The van der Waals surface area contributed by atoms with Crippen LogP contribution in [0.5, 0.6) is 0 Å². The number of thiophene rings is 1. The minimum absolute atomic E-state index is 0.472. The Hall–Kier alpha value is 0.0600. The molecule has 2 unspecified atom stereocenters. The van der Waals surface area contributed by atoms with Crippen molar-refractivity contribution >= 4 is 27.3 Å². The Labute approximate surface area is 122 Å². The zero-order chi connectivity index (χ0) is 13.1. The van der Waals surface area contributed by atoms with E-state index in [1.807, 2.05) is 11.3 Å². The molecule has 1 aliphatic heterocycles. The zero-order valence-corrected chi connectivity index (χ0v) is 13.7. The summed E-state index contributed by atoms with van der Waals surface area (Å²) in [5.41, 5.74) is 0. The molecule has 0 amide bonds. The first-order chi connectivity index (χ1) is 8.59. The van der Waals surface area contributed by atoms with Crippen LogP contribution in [0.3, 0.4) is 0 Å². The molecule has 0 aliphatic carbocycles. The minimum Gasteiger partial charge on any atom is -0.314 e. The summed E-state index contributed by atoms with van der Waals surface area (Å²) in [5, 5.41) is 5.60. The van der Waals surface area contributed by atoms with Gasteiger partial charge in [-0.3, -0.25) is 4.90 Å². The second-order valence-electron chi connectivity index (χ2n) is 5.10. The van der Waals surface area contributed by atoms with Crippen molar-refractivity contribution in [2.75, 3.05) is 40.3 Å². The van der Waals surface area contributed by atoms with Crippen molar-refractivity contribution in [1.82, 2.24) is 15.1 Å². The van der Waals surface area contributed by atoms with Crippen molar-refractivity contribution < 1.29 is 0 Å². The highest BCUT2D eigenvalue weighted by Gasteiger charge is 2.28. The van der Waals surface area contributed by atoms with E-state index in [0.29, 0.717) is 12.1 Å². The predicted molar refractivity (Wildman–Crippen MR) is 82.4 cm³/mol. The number of nitrogens with one attached hydrogen (secondary N) is 1. The standard InChI is InChI=1S/C13H22BrN3S/c1-10(17-6-4-15-5-7-17)13(16(2)3)12-8-11(14)9-18-12/h8-10,13,15H,4-7H2,1-3H3. The Morgan fingerprint density at radius 3 is 2.56 bits per heavy atom. The quantitative estimate of drug-likeness (QED) is 0.914. The summed E-state index contributed by atoms with van der Waals surface area (Å²) in [6.07, 6.45) is 0. The van der Waals surface area contributed by atoms with Crippen LogP contribution in [-0.4, -0.2) is 56.1 Å². The van der Waals surface area contributed by atoms with Gasteiger partial charge < -0.3 is 10.2 Å². The molecule has 0 bridgehead atoms. The molecule has 102 valence electrons. The van der Waals surface area contributed by atoms with Gasteiger partial charge in [0.25, 0.3) is 0 Å². The largest absolute Gasteiger partial charge is 0.314 e. The van der Waals surface area contributed by atoms with Crippen LogP contribution < -0.4 is 5.32 Å². The average Bonchev–Trinajstić information content (AvgIpc) is 2.76. The number of piperazine rings is 1. The summed E-state index contributed by atoms with van der Waals surface area (Å²) in [7, 11) is 4.36. The van der Waals surface area contributed by atoms with Gasteiger partial charge in [0.15, 0.2) is 0 Å². The normalized spacial score (nSPS) is 21.2. The minimum atomic E-state index is 0.472. The first kappa shape index (κ1) is 14.5. The maximum absolute atomic E-state index is 3.56. The van der Waals surface area contributed by atoms with Gasteiger partial charge in [-0.15, -0.1) is 11.3 Å². The number of rotatable bonds is 4. The monoisotopic (exact) mass is 331 g/mol. The summed E-state index contributed by atoms with van der Waals surface area (Å²) in [6.45, 7) is 6.87. The molecule has 2 heterocycles. The van der Waals surface area contributed by atoms with Gasteiger partial charge in [0.05, 0.1) is 6.04 Å². The summed E-state index contributed by atoms with van der Waals surface area (Å²) < 4.78 is 1.20. The van der Waals surface area contributed by atoms with E-state index in [1.165, 1.54) is 9.35 Å². The van der Waals surface area contributed by atoms with Crippen molar-refractivity contribution in [2.45, 2.75) is 19.0 Å². The Morgan fingerprint density at radius 1 is 1.39 bits per heavy atom. The van der Waals surface area contributed by atoms with E-state index in [-0.39, 0.29) is 0 Å². The lowest BCUT2D eigenvalue weighted by Gasteiger charge is -2.39. The summed E-state index contributed by atoms with van der Waals surface area (Å²) in [4.78, 5) is 6.37. The molecule has 5 heteroatoms. The second-order valence-corrected chi connectivity index (χ2v) is 6.96. The molecule has 1 N–H and O–H groups in total. The maximum Gasteiger partial charge on any atom is 0.0590 e. The van der Waals surface area contributed by atoms with E-state index in [4.69, 9.17) is 0 Å². The number of halogens is 1. The van der Waals surface area contributed by atoms with Crippen LogP contribution in [-0.2, 0) is 0 Å². The summed E-state index contributed by atoms with van der Waals surface area (Å²) >= 11 is 5.41. The van der Waals surface area contributed by atoms with Crippen molar-refractivity contribution in [3.63, 3.8) is 0 Å². The lowest BCUT2D eigenvalue weighted by atomic mass is 10.0. The third-order valence-electron chi connectivity index (χ3n) is 3.62. The van der Waals surface area contributed by atoms with Crippen molar-refractivity contribution in [3.8, 4) is 0 Å². The highest BCUT2D eigenvalue weighted by molar-refractivity contribution is 9.10. The van der Waals surface area contributed by atoms with E-state index in [1.54, 1.807) is 0 Å². The van der Waals surface area contributed by atoms with Gasteiger partial charge in [-0.1, -0.05) is 0 Å². The van der Waals surface area contributed by atoms with Gasteiger partial charge >= 0.3 is 0 Å². The van der Waals surface area contributed by atoms with Gasteiger partial charge in [-0.25, -0.2) is 0 Å². The SMILES string of the molecule is CC(C(c1cc(Br)cs1)N(C)C)N1CCNCC1. The van der Waals surface area contributed by atoms with Crippen molar-refractivity contribution in [2.24, 2.45) is 0 Å². The molecule has 0 spiro atoms. The molecular formula is C13H22BrN3S. The molecule has 18 heavy (non-hydrogen) atoms. The summed E-state index contributed by atoms with van der Waals surface area (Å²) in [6, 6.07) is 3.28. The number of hydrogen-bond acceptors (Lipinski definition) is 4. The maximum atomic E-state index is 3.56. The smallest absolute Gasteiger partial charge is 0.0590 e. The van der Waals surface area contributed by atoms with Crippen LogP contribution in [0.2, 0.25) is 0 Å². The van der Waals surface area contributed by atoms with Gasteiger partial charge in [0, 0.05) is 47.0 Å². The Kier molecular flexibility index (Phi) is 5.21. The fourth-order valence-electron chi connectivity index (χ4n) is 2.70. The van der Waals surface area contributed by atoms with Crippen molar-refractivity contribution in [1.29, 1.82) is 0 Å². The van der Waals surface area contributed by atoms with Crippen LogP contribution in [0.4, 0.5) is 0 Å². The van der Waals surface area contributed by atoms with E-state index < -0.39 is 0 Å². The van der Waals surface area contributed by atoms with E-state index in [9.17, 15) is 0 Å². The average molecular weight is 332 g/mol. The number of hydrogen-bond donors (Lipinski definition) is 1. The predicted octanol–water partition coefficient (Wildman–Crippen LogP) is 2.41. The lowest BCUT2D eigenvalue weighted by Crippen LogP contribution is -2.51. The highest BCUT2D eigenvalue weighted by atomic mass is 79.9. The van der Waals surface area contributed by atoms with Crippen molar-refractivity contribution in [3.05, 3.63) is 20.8 Å². The molecule has 2 rings (SSSR count). The fourth-order valence-corrected chi connectivity index (χ4v) is 4.43. The van der Waals surface area contributed by atoms with E-state index in [2.05, 4.69) is 63.5 Å². The molecule has 1 fully saturated rings. The van der Waals surface area contributed by atoms with Gasteiger partial charge in [-0.05, 0) is 43.0 Å². The highest BCUT2D eigenvalue weighted by Crippen LogP contribution is 2.32. The zero-order valence-electron chi connectivity index (χ0n) is 11.3. The van der Waals surface area contributed by atoms with E-state index >= 15 is 0 Å². The number of likely N-dealkylation sites (N-methyl/N-ethyl adjacent to an activating group) is 1. The van der Waals surface area contributed by atoms with Gasteiger partial charge in [0.1, 0.15) is 0 Å². The molecule has 0 saturated carbocycles. The Bertz CT molecular complexity index is 374. The molecule has 0 aromatic carbocycles. The lowest BCUT2D eigenvalue weighted by molar-refractivity contribution is 0.108. The molecular weight excluding hydrogens is 310 g/mol. The topological polar surface area (TPSA) is 18.5 Å². The number of nitrogens with zero attached hydrogens (tertiary/aromatic N) is 2. The first-order valence-electron chi connectivity index (χ1n) is 6.44. The van der Waals surface area contributed by atoms with Crippen LogP contribution in [0, 0.1) is 0 Å². The molecule has 1 aromatic rings. The third kappa shape index (κ3) is 3.33. The Morgan fingerprint density at radius 2 is 2.06 bits per heavy atom. The molecule has 1 saturated heterocycles. The molecule has 1 aromatic heterocycles. The van der Waals surface area contributed by atoms with Gasteiger partial charge in [-0.2, -0.15) is 0 Å². The molecule has 2 atom stereocenters. The Balaban J connectivity index is 2.13.